The Morgan fingerprint density at radius 2 is 1.90 bits per heavy atom. The van der Waals surface area contributed by atoms with Crippen molar-refractivity contribution >= 4 is 11.9 Å². The molecule has 0 saturated carbocycles. The summed E-state index contributed by atoms with van der Waals surface area (Å²) >= 11 is 0. The Hall–Kier alpha value is -2.04. The van der Waals surface area contributed by atoms with Crippen LogP contribution in [0.2, 0.25) is 0 Å². The molecule has 0 spiro atoms. The summed E-state index contributed by atoms with van der Waals surface area (Å²) in [4.78, 5) is 23.3. The van der Waals surface area contributed by atoms with Gasteiger partial charge in [-0.1, -0.05) is 46.5 Å². The number of nitrogens with one attached hydrogen (secondary N) is 1. The van der Waals surface area contributed by atoms with Gasteiger partial charge in [0.1, 0.15) is 17.1 Å². The Balaban J connectivity index is 2.42. The second kappa shape index (κ2) is 10.5. The molecule has 1 unspecified atom stereocenters. The molecule has 1 atom stereocenters. The van der Waals surface area contributed by atoms with Crippen LogP contribution in [0.3, 0.4) is 0 Å². The van der Waals surface area contributed by atoms with Crippen LogP contribution in [0.5, 0.6) is 11.5 Å². The highest BCUT2D eigenvalue weighted by molar-refractivity contribution is 5.73. The van der Waals surface area contributed by atoms with Gasteiger partial charge in [0.2, 0.25) is 5.91 Å². The topological polar surface area (TPSA) is 64.6 Å². The normalized spacial score (nSPS) is 17.5. The van der Waals surface area contributed by atoms with E-state index in [-0.39, 0.29) is 28.8 Å². The first-order chi connectivity index (χ1) is 14.4. The molecule has 174 valence electrons. The monoisotopic (exact) mass is 431 g/mol. The average molecular weight is 432 g/mol. The van der Waals surface area contributed by atoms with Crippen molar-refractivity contribution in [2.45, 2.75) is 110 Å². The predicted molar refractivity (Wildman–Crippen MR) is 125 cm³/mol. The average Bonchev–Trinajstić information content (AvgIpc) is 2.63. The summed E-state index contributed by atoms with van der Waals surface area (Å²) in [5.41, 5.74) is 1.71. The summed E-state index contributed by atoms with van der Waals surface area (Å²) < 4.78 is 12.1. The van der Waals surface area contributed by atoms with Gasteiger partial charge in [0.25, 0.3) is 0 Å². The van der Waals surface area contributed by atoms with Crippen LogP contribution >= 0.6 is 0 Å². The molecule has 1 heterocycles. The zero-order chi connectivity index (χ0) is 23.2. The lowest BCUT2D eigenvalue weighted by molar-refractivity contribution is -0.132. The second-order valence-electron chi connectivity index (χ2n) is 10.2. The molecule has 31 heavy (non-hydrogen) atoms. The number of unbranched alkanes of at least 4 members (excludes halogenated alkanes) is 3. The molecule has 1 aromatic rings. The zero-order valence-electron chi connectivity index (χ0n) is 20.5. The Morgan fingerprint density at radius 1 is 1.19 bits per heavy atom. The van der Waals surface area contributed by atoms with E-state index in [9.17, 15) is 9.59 Å². The van der Waals surface area contributed by atoms with Gasteiger partial charge < -0.3 is 14.8 Å². The molecule has 1 aromatic carbocycles. The van der Waals surface area contributed by atoms with Crippen molar-refractivity contribution in [3.63, 3.8) is 0 Å². The fourth-order valence-corrected chi connectivity index (χ4v) is 4.56. The van der Waals surface area contributed by atoms with Gasteiger partial charge in [-0.05, 0) is 62.1 Å². The third-order valence-electron chi connectivity index (χ3n) is 6.19. The maximum atomic E-state index is 11.9. The van der Waals surface area contributed by atoms with Crippen molar-refractivity contribution in [1.29, 1.82) is 0 Å². The SMILES string of the molecule is CCCCCCC(C)(C)c1cc(OC(C)=O)c2c(c1)OC(C)(C)CC2CCNC(C)=O. The van der Waals surface area contributed by atoms with E-state index in [1.165, 1.54) is 39.5 Å². The first-order valence-electron chi connectivity index (χ1n) is 11.8. The smallest absolute Gasteiger partial charge is 0.308 e. The minimum Gasteiger partial charge on any atom is -0.487 e. The van der Waals surface area contributed by atoms with Crippen LogP contribution in [-0.4, -0.2) is 24.0 Å². The highest BCUT2D eigenvalue weighted by Gasteiger charge is 2.37. The highest BCUT2D eigenvalue weighted by Crippen LogP contribution is 2.49. The van der Waals surface area contributed by atoms with Gasteiger partial charge in [-0.15, -0.1) is 0 Å². The summed E-state index contributed by atoms with van der Waals surface area (Å²) in [5, 5.41) is 2.89. The van der Waals surface area contributed by atoms with E-state index in [2.05, 4.69) is 46.0 Å². The van der Waals surface area contributed by atoms with Crippen LogP contribution in [0.1, 0.15) is 110 Å². The fourth-order valence-electron chi connectivity index (χ4n) is 4.56. The number of rotatable bonds is 10. The van der Waals surface area contributed by atoms with Gasteiger partial charge >= 0.3 is 5.97 Å². The maximum Gasteiger partial charge on any atom is 0.308 e. The summed E-state index contributed by atoms with van der Waals surface area (Å²) in [7, 11) is 0. The Kier molecular flexibility index (Phi) is 8.56. The van der Waals surface area contributed by atoms with Gasteiger partial charge in [0.15, 0.2) is 0 Å². The summed E-state index contributed by atoms with van der Waals surface area (Å²) in [6.07, 6.45) is 7.52. The van der Waals surface area contributed by atoms with Crippen LogP contribution in [-0.2, 0) is 15.0 Å². The molecular weight excluding hydrogens is 390 g/mol. The molecular formula is C26H41NO4. The van der Waals surface area contributed by atoms with E-state index in [0.717, 1.165) is 36.1 Å². The Bertz CT molecular complexity index is 782. The Morgan fingerprint density at radius 3 is 2.52 bits per heavy atom. The third-order valence-corrected chi connectivity index (χ3v) is 6.19. The summed E-state index contributed by atoms with van der Waals surface area (Å²) in [6, 6.07) is 4.18. The Labute approximate surface area is 188 Å². The zero-order valence-corrected chi connectivity index (χ0v) is 20.5. The number of hydrogen-bond acceptors (Lipinski definition) is 4. The van der Waals surface area contributed by atoms with E-state index < -0.39 is 0 Å². The number of fused-ring (bicyclic) bond motifs is 1. The standard InChI is InChI=1S/C26H41NO4/c1-8-9-10-11-13-25(4,5)21-15-22(30-19(3)29)24-20(12-14-27-18(2)28)17-26(6,7)31-23(24)16-21/h15-16,20H,8-14,17H2,1-7H3,(H,27,28). The van der Waals surface area contributed by atoms with Gasteiger partial charge in [-0.3, -0.25) is 9.59 Å². The molecule has 1 N–H and O–H groups in total. The van der Waals surface area contributed by atoms with Crippen LogP contribution in [0.15, 0.2) is 12.1 Å². The van der Waals surface area contributed by atoms with Crippen molar-refractivity contribution in [2.75, 3.05) is 6.54 Å². The summed E-state index contributed by atoms with van der Waals surface area (Å²) in [5.74, 6) is 1.18. The van der Waals surface area contributed by atoms with Crippen molar-refractivity contribution < 1.29 is 19.1 Å². The molecule has 0 saturated heterocycles. The van der Waals surface area contributed by atoms with E-state index in [4.69, 9.17) is 9.47 Å². The molecule has 0 aromatic heterocycles. The number of hydrogen-bond donors (Lipinski definition) is 1. The van der Waals surface area contributed by atoms with E-state index >= 15 is 0 Å². The lowest BCUT2D eigenvalue weighted by Crippen LogP contribution is -2.36. The number of amides is 1. The van der Waals surface area contributed by atoms with Crippen molar-refractivity contribution in [1.82, 2.24) is 5.32 Å². The largest absolute Gasteiger partial charge is 0.487 e. The predicted octanol–water partition coefficient (Wildman–Crippen LogP) is 6.03. The quantitative estimate of drug-likeness (QED) is 0.279. The number of esters is 1. The first-order valence-corrected chi connectivity index (χ1v) is 11.8. The maximum absolute atomic E-state index is 11.9. The highest BCUT2D eigenvalue weighted by atomic mass is 16.5. The lowest BCUT2D eigenvalue weighted by atomic mass is 9.76. The van der Waals surface area contributed by atoms with Crippen LogP contribution < -0.4 is 14.8 Å². The van der Waals surface area contributed by atoms with E-state index in [1.54, 1.807) is 0 Å². The van der Waals surface area contributed by atoms with Crippen molar-refractivity contribution in [3.05, 3.63) is 23.3 Å². The van der Waals surface area contributed by atoms with Crippen molar-refractivity contribution in [2.24, 2.45) is 0 Å². The van der Waals surface area contributed by atoms with Crippen LogP contribution in [0.4, 0.5) is 0 Å². The molecule has 2 rings (SSSR count). The number of carbonyl (C=O) groups is 2. The first kappa shape index (κ1) is 25.2. The third kappa shape index (κ3) is 7.26. The van der Waals surface area contributed by atoms with E-state index in [1.807, 2.05) is 6.07 Å². The number of ether oxygens (including phenoxy) is 2. The number of benzene rings is 1. The summed E-state index contributed by atoms with van der Waals surface area (Å²) in [6.45, 7) is 14.5. The molecule has 0 aliphatic carbocycles. The molecule has 1 aliphatic rings. The van der Waals surface area contributed by atoms with Gasteiger partial charge in [-0.2, -0.15) is 0 Å². The minimum absolute atomic E-state index is 0.0353. The molecule has 5 nitrogen and oxygen atoms in total. The van der Waals surface area contributed by atoms with Gasteiger partial charge in [0.05, 0.1) is 0 Å². The fraction of sp³-hybridized carbons (Fsp3) is 0.692. The van der Waals surface area contributed by atoms with Crippen LogP contribution in [0, 0.1) is 0 Å². The number of carbonyl (C=O) groups excluding carboxylic acids is 2. The van der Waals surface area contributed by atoms with Crippen LogP contribution in [0.25, 0.3) is 0 Å². The second-order valence-corrected chi connectivity index (χ2v) is 10.2. The molecule has 0 radical (unpaired) electrons. The molecule has 1 amide bonds. The lowest BCUT2D eigenvalue weighted by Gasteiger charge is -2.39. The molecule has 1 aliphatic heterocycles. The van der Waals surface area contributed by atoms with Crippen molar-refractivity contribution in [3.8, 4) is 11.5 Å². The molecule has 0 bridgehead atoms. The molecule has 5 heteroatoms. The molecule has 0 fully saturated rings. The van der Waals surface area contributed by atoms with E-state index in [0.29, 0.717) is 12.3 Å². The van der Waals surface area contributed by atoms with Gasteiger partial charge in [-0.25, -0.2) is 0 Å². The van der Waals surface area contributed by atoms with Gasteiger partial charge in [0, 0.05) is 26.0 Å². The minimum atomic E-state index is -0.328.